The topological polar surface area (TPSA) is 29.3 Å². The lowest BCUT2D eigenvalue weighted by Gasteiger charge is -2.22. The number of alkyl halides is 1. The molecule has 0 spiro atoms. The van der Waals surface area contributed by atoms with Crippen LogP contribution in [0, 0.1) is 0 Å². The van der Waals surface area contributed by atoms with Gasteiger partial charge in [-0.15, -0.1) is 0 Å². The SMILES string of the molecule is NC1(CF)CCN(c2ccc(Br)cc2)C1. The average molecular weight is 273 g/mol. The predicted molar refractivity (Wildman–Crippen MR) is 63.9 cm³/mol. The summed E-state index contributed by atoms with van der Waals surface area (Å²) in [6.07, 6.45) is 0.722. The first-order chi connectivity index (χ1) is 7.13. The van der Waals surface area contributed by atoms with E-state index in [2.05, 4.69) is 20.8 Å². The van der Waals surface area contributed by atoms with Crippen LogP contribution in [0.5, 0.6) is 0 Å². The molecule has 1 aromatic rings. The van der Waals surface area contributed by atoms with E-state index in [4.69, 9.17) is 5.73 Å². The fourth-order valence-corrected chi connectivity index (χ4v) is 2.14. The Kier molecular flexibility index (Phi) is 2.98. The van der Waals surface area contributed by atoms with Crippen LogP contribution in [0.2, 0.25) is 0 Å². The summed E-state index contributed by atoms with van der Waals surface area (Å²) in [5.41, 5.74) is 6.35. The number of benzene rings is 1. The summed E-state index contributed by atoms with van der Waals surface area (Å²) in [5.74, 6) is 0. The molecule has 1 atom stereocenters. The largest absolute Gasteiger partial charge is 0.370 e. The van der Waals surface area contributed by atoms with Gasteiger partial charge in [0.15, 0.2) is 0 Å². The maximum Gasteiger partial charge on any atom is 0.109 e. The number of hydrogen-bond acceptors (Lipinski definition) is 2. The lowest BCUT2D eigenvalue weighted by atomic mass is 10.0. The van der Waals surface area contributed by atoms with Gasteiger partial charge in [-0.05, 0) is 30.7 Å². The van der Waals surface area contributed by atoms with Crippen LogP contribution >= 0.6 is 15.9 Å². The predicted octanol–water partition coefficient (Wildman–Crippen LogP) is 2.33. The molecule has 2 rings (SSSR count). The fourth-order valence-electron chi connectivity index (χ4n) is 1.88. The standard InChI is InChI=1S/C11H14BrFN2/c12-9-1-3-10(4-2-9)15-6-5-11(14,7-13)8-15/h1-4H,5-8,14H2. The lowest BCUT2D eigenvalue weighted by molar-refractivity contribution is 0.330. The van der Waals surface area contributed by atoms with Crippen molar-refractivity contribution >= 4 is 21.6 Å². The zero-order chi connectivity index (χ0) is 10.9. The smallest absolute Gasteiger partial charge is 0.109 e. The van der Waals surface area contributed by atoms with Gasteiger partial charge in [-0.1, -0.05) is 15.9 Å². The average Bonchev–Trinajstić information content (AvgIpc) is 2.63. The molecule has 1 aliphatic heterocycles. The van der Waals surface area contributed by atoms with Crippen molar-refractivity contribution in [2.24, 2.45) is 5.73 Å². The van der Waals surface area contributed by atoms with Gasteiger partial charge in [0.05, 0.1) is 5.54 Å². The van der Waals surface area contributed by atoms with E-state index in [9.17, 15) is 4.39 Å². The number of rotatable bonds is 2. The molecule has 1 aromatic carbocycles. The van der Waals surface area contributed by atoms with Crippen molar-refractivity contribution in [2.45, 2.75) is 12.0 Å². The summed E-state index contributed by atoms with van der Waals surface area (Å²) in [6.45, 7) is 0.993. The highest BCUT2D eigenvalue weighted by Gasteiger charge is 2.34. The van der Waals surface area contributed by atoms with Crippen LogP contribution in [0.3, 0.4) is 0 Å². The van der Waals surface area contributed by atoms with Crippen molar-refractivity contribution < 1.29 is 4.39 Å². The van der Waals surface area contributed by atoms with E-state index in [1.54, 1.807) is 0 Å². The molecule has 0 amide bonds. The normalized spacial score (nSPS) is 25.9. The highest BCUT2D eigenvalue weighted by atomic mass is 79.9. The first-order valence-corrected chi connectivity index (χ1v) is 5.78. The summed E-state index contributed by atoms with van der Waals surface area (Å²) in [6, 6.07) is 8.02. The maximum atomic E-state index is 12.7. The number of hydrogen-bond donors (Lipinski definition) is 1. The minimum absolute atomic E-state index is 0.444. The molecule has 0 radical (unpaired) electrons. The highest BCUT2D eigenvalue weighted by molar-refractivity contribution is 9.10. The maximum absolute atomic E-state index is 12.7. The summed E-state index contributed by atoms with van der Waals surface area (Å²) in [4.78, 5) is 2.13. The molecule has 82 valence electrons. The van der Waals surface area contributed by atoms with Crippen molar-refractivity contribution in [2.75, 3.05) is 24.7 Å². The summed E-state index contributed by atoms with van der Waals surface area (Å²) in [7, 11) is 0. The van der Waals surface area contributed by atoms with Crippen molar-refractivity contribution in [3.63, 3.8) is 0 Å². The van der Waals surface area contributed by atoms with Crippen LogP contribution in [0.1, 0.15) is 6.42 Å². The molecule has 4 heteroatoms. The van der Waals surface area contributed by atoms with Crippen LogP contribution in [0.15, 0.2) is 28.7 Å². The molecule has 15 heavy (non-hydrogen) atoms. The van der Waals surface area contributed by atoms with Gasteiger partial charge in [-0.3, -0.25) is 0 Å². The minimum atomic E-state index is -0.646. The van der Waals surface area contributed by atoms with E-state index >= 15 is 0 Å². The van der Waals surface area contributed by atoms with Crippen molar-refractivity contribution in [3.05, 3.63) is 28.7 Å². The highest BCUT2D eigenvalue weighted by Crippen LogP contribution is 2.26. The fraction of sp³-hybridized carbons (Fsp3) is 0.455. The first kappa shape index (κ1) is 10.9. The second-order valence-corrected chi connectivity index (χ2v) is 5.06. The summed E-state index contributed by atoms with van der Waals surface area (Å²) < 4.78 is 13.7. The van der Waals surface area contributed by atoms with E-state index in [0.717, 1.165) is 23.1 Å². The molecule has 1 aliphatic rings. The molecule has 0 saturated carbocycles. The Balaban J connectivity index is 2.11. The molecule has 1 heterocycles. The number of nitrogens with zero attached hydrogens (tertiary/aromatic N) is 1. The van der Waals surface area contributed by atoms with Crippen molar-refractivity contribution in [1.82, 2.24) is 0 Å². The lowest BCUT2D eigenvalue weighted by Crippen LogP contribution is -2.44. The molecular weight excluding hydrogens is 259 g/mol. The molecule has 2 nitrogen and oxygen atoms in total. The molecule has 0 aromatic heterocycles. The molecule has 1 fully saturated rings. The Hall–Kier alpha value is -0.610. The van der Waals surface area contributed by atoms with Crippen molar-refractivity contribution in [3.8, 4) is 0 Å². The molecule has 0 aliphatic carbocycles. The van der Waals surface area contributed by atoms with Crippen LogP contribution in [-0.4, -0.2) is 25.3 Å². The van der Waals surface area contributed by atoms with E-state index in [0.29, 0.717) is 6.54 Å². The van der Waals surface area contributed by atoms with Crippen LogP contribution in [0.25, 0.3) is 0 Å². The Bertz CT molecular complexity index is 341. The number of anilines is 1. The number of halogens is 2. The van der Waals surface area contributed by atoms with Crippen LogP contribution in [0.4, 0.5) is 10.1 Å². The third kappa shape index (κ3) is 2.32. The van der Waals surface area contributed by atoms with E-state index in [1.165, 1.54) is 0 Å². The molecule has 0 bridgehead atoms. The van der Waals surface area contributed by atoms with Gasteiger partial charge in [0.2, 0.25) is 0 Å². The van der Waals surface area contributed by atoms with Gasteiger partial charge in [0, 0.05) is 23.2 Å². The zero-order valence-electron chi connectivity index (χ0n) is 8.42. The first-order valence-electron chi connectivity index (χ1n) is 4.98. The number of nitrogens with two attached hydrogens (primary N) is 1. The molecule has 1 saturated heterocycles. The quantitative estimate of drug-likeness (QED) is 0.896. The van der Waals surface area contributed by atoms with Gasteiger partial charge < -0.3 is 10.6 Å². The van der Waals surface area contributed by atoms with Gasteiger partial charge in [-0.25, -0.2) is 4.39 Å². The van der Waals surface area contributed by atoms with E-state index < -0.39 is 12.2 Å². The summed E-state index contributed by atoms with van der Waals surface area (Å²) in [5, 5.41) is 0. The molecule has 1 unspecified atom stereocenters. The summed E-state index contributed by atoms with van der Waals surface area (Å²) >= 11 is 3.39. The van der Waals surface area contributed by atoms with Crippen molar-refractivity contribution in [1.29, 1.82) is 0 Å². The van der Waals surface area contributed by atoms with Crippen LogP contribution in [-0.2, 0) is 0 Å². The Labute approximate surface area is 97.4 Å². The van der Waals surface area contributed by atoms with Gasteiger partial charge in [0.1, 0.15) is 6.67 Å². The Morgan fingerprint density at radius 1 is 1.40 bits per heavy atom. The third-order valence-corrected chi connectivity index (χ3v) is 3.37. The van der Waals surface area contributed by atoms with Gasteiger partial charge in [-0.2, -0.15) is 0 Å². The van der Waals surface area contributed by atoms with E-state index in [1.807, 2.05) is 24.3 Å². The van der Waals surface area contributed by atoms with Gasteiger partial charge >= 0.3 is 0 Å². The van der Waals surface area contributed by atoms with Gasteiger partial charge in [0.25, 0.3) is 0 Å². The molecule has 2 N–H and O–H groups in total. The molecular formula is C11H14BrFN2. The monoisotopic (exact) mass is 272 g/mol. The second-order valence-electron chi connectivity index (χ2n) is 4.14. The minimum Gasteiger partial charge on any atom is -0.370 e. The van der Waals surface area contributed by atoms with E-state index in [-0.39, 0.29) is 0 Å². The zero-order valence-corrected chi connectivity index (χ0v) is 10.0. The second kappa shape index (κ2) is 4.10. The Morgan fingerprint density at radius 3 is 2.60 bits per heavy atom. The third-order valence-electron chi connectivity index (χ3n) is 2.84. The Morgan fingerprint density at radius 2 is 2.07 bits per heavy atom. The van der Waals surface area contributed by atoms with Crippen LogP contribution < -0.4 is 10.6 Å².